The van der Waals surface area contributed by atoms with Crippen LogP contribution in [-0.2, 0) is 9.59 Å². The van der Waals surface area contributed by atoms with Gasteiger partial charge in [-0.3, -0.25) is 14.4 Å². The number of carbonyl (C=O) groups excluding carboxylic acids is 3. The average molecular weight is 423 g/mol. The number of hydrogen-bond donors (Lipinski definition) is 1. The summed E-state index contributed by atoms with van der Waals surface area (Å²) in [5.74, 6) is 0.561. The third-order valence-electron chi connectivity index (χ3n) is 7.19. The number of benzene rings is 1. The van der Waals surface area contributed by atoms with Crippen LogP contribution < -0.4 is 0 Å². The Bertz CT molecular complexity index is 986. The Morgan fingerprint density at radius 1 is 1.00 bits per heavy atom. The number of aromatic amines is 1. The number of H-pyrrole nitrogens is 1. The standard InChI is InChI=1S/C24H30N4O3/c29-22-14-18(23(30)26-10-1-2-11-26)16-28(22)15-17-7-12-27(13-8-17)24(31)20-4-3-5-21-19(20)6-9-25-21/h3-6,9,17-18,25H,1-2,7-8,10-16H2. The molecular formula is C24H30N4O3. The molecule has 1 unspecified atom stereocenters. The molecule has 5 rings (SSSR count). The highest BCUT2D eigenvalue weighted by Crippen LogP contribution is 2.27. The van der Waals surface area contributed by atoms with Gasteiger partial charge in [-0.15, -0.1) is 0 Å². The molecule has 3 aliphatic rings. The Balaban J connectivity index is 1.15. The molecule has 0 saturated carbocycles. The molecule has 0 bridgehead atoms. The predicted molar refractivity (Wildman–Crippen MR) is 117 cm³/mol. The summed E-state index contributed by atoms with van der Waals surface area (Å²) in [6, 6.07) is 7.74. The number of piperidine rings is 1. The van der Waals surface area contributed by atoms with Crippen LogP contribution in [0.1, 0.15) is 42.5 Å². The predicted octanol–water partition coefficient (Wildman–Crippen LogP) is 2.49. The molecule has 0 aliphatic carbocycles. The van der Waals surface area contributed by atoms with Gasteiger partial charge in [0.15, 0.2) is 0 Å². The van der Waals surface area contributed by atoms with E-state index < -0.39 is 0 Å². The monoisotopic (exact) mass is 422 g/mol. The zero-order valence-electron chi connectivity index (χ0n) is 17.9. The number of hydrogen-bond acceptors (Lipinski definition) is 3. The van der Waals surface area contributed by atoms with E-state index >= 15 is 0 Å². The second-order valence-electron chi connectivity index (χ2n) is 9.21. The van der Waals surface area contributed by atoms with Crippen LogP contribution in [0.15, 0.2) is 30.5 Å². The molecule has 1 aromatic carbocycles. The van der Waals surface area contributed by atoms with Gasteiger partial charge in [-0.2, -0.15) is 0 Å². The van der Waals surface area contributed by atoms with E-state index in [1.165, 1.54) is 0 Å². The molecule has 0 spiro atoms. The SMILES string of the molecule is O=C1CC(C(=O)N2CCCC2)CN1CC1CCN(C(=O)c2cccc3[nH]ccc23)CC1. The molecule has 1 N–H and O–H groups in total. The first-order valence-electron chi connectivity index (χ1n) is 11.5. The zero-order chi connectivity index (χ0) is 21.4. The Hall–Kier alpha value is -2.83. The zero-order valence-corrected chi connectivity index (χ0v) is 17.9. The Morgan fingerprint density at radius 3 is 2.55 bits per heavy atom. The fourth-order valence-corrected chi connectivity index (χ4v) is 5.38. The van der Waals surface area contributed by atoms with E-state index in [1.54, 1.807) is 0 Å². The van der Waals surface area contributed by atoms with Gasteiger partial charge in [0.1, 0.15) is 0 Å². The fourth-order valence-electron chi connectivity index (χ4n) is 5.38. The van der Waals surface area contributed by atoms with E-state index in [0.717, 1.165) is 55.2 Å². The average Bonchev–Trinajstić information content (AvgIpc) is 3.55. The van der Waals surface area contributed by atoms with Gasteiger partial charge in [0.25, 0.3) is 5.91 Å². The van der Waals surface area contributed by atoms with Crippen molar-refractivity contribution in [2.24, 2.45) is 11.8 Å². The summed E-state index contributed by atoms with van der Waals surface area (Å²) in [5, 5.41) is 0.964. The highest BCUT2D eigenvalue weighted by Gasteiger charge is 2.38. The molecule has 7 nitrogen and oxygen atoms in total. The van der Waals surface area contributed by atoms with Crippen molar-refractivity contribution in [3.05, 3.63) is 36.0 Å². The molecule has 0 radical (unpaired) electrons. The maximum atomic E-state index is 13.1. The molecule has 3 fully saturated rings. The Labute approximate surface area is 182 Å². The molecule has 4 heterocycles. The minimum absolute atomic E-state index is 0.0807. The number of aromatic nitrogens is 1. The summed E-state index contributed by atoms with van der Waals surface area (Å²) in [6.45, 7) is 4.37. The Kier molecular flexibility index (Phi) is 5.42. The van der Waals surface area contributed by atoms with Crippen molar-refractivity contribution < 1.29 is 14.4 Å². The summed E-state index contributed by atoms with van der Waals surface area (Å²) >= 11 is 0. The third kappa shape index (κ3) is 3.93. The van der Waals surface area contributed by atoms with Gasteiger partial charge in [-0.1, -0.05) is 6.07 Å². The maximum Gasteiger partial charge on any atom is 0.254 e. The van der Waals surface area contributed by atoms with Gasteiger partial charge >= 0.3 is 0 Å². The normalized spacial score (nSPS) is 22.6. The van der Waals surface area contributed by atoms with Crippen molar-refractivity contribution in [2.45, 2.75) is 32.1 Å². The van der Waals surface area contributed by atoms with Crippen LogP contribution in [0.3, 0.4) is 0 Å². The number of fused-ring (bicyclic) bond motifs is 1. The lowest BCUT2D eigenvalue weighted by Crippen LogP contribution is -2.42. The van der Waals surface area contributed by atoms with Crippen molar-refractivity contribution >= 4 is 28.6 Å². The summed E-state index contributed by atoms with van der Waals surface area (Å²) in [4.78, 5) is 47.2. The summed E-state index contributed by atoms with van der Waals surface area (Å²) in [5.41, 5.74) is 1.72. The second-order valence-corrected chi connectivity index (χ2v) is 9.21. The van der Waals surface area contributed by atoms with Gasteiger partial charge in [-0.25, -0.2) is 0 Å². The van der Waals surface area contributed by atoms with Crippen molar-refractivity contribution in [1.82, 2.24) is 19.7 Å². The van der Waals surface area contributed by atoms with Crippen LogP contribution in [-0.4, -0.2) is 76.7 Å². The summed E-state index contributed by atoms with van der Waals surface area (Å²) < 4.78 is 0. The van der Waals surface area contributed by atoms with Gasteiger partial charge in [0, 0.05) is 68.4 Å². The third-order valence-corrected chi connectivity index (χ3v) is 7.19. The van der Waals surface area contributed by atoms with Crippen LogP contribution in [0.5, 0.6) is 0 Å². The first-order chi connectivity index (χ1) is 15.1. The second kappa shape index (κ2) is 8.36. The van der Waals surface area contributed by atoms with Crippen LogP contribution in [0.25, 0.3) is 10.9 Å². The lowest BCUT2D eigenvalue weighted by molar-refractivity contribution is -0.134. The summed E-state index contributed by atoms with van der Waals surface area (Å²) in [6.07, 6.45) is 6.15. The van der Waals surface area contributed by atoms with Crippen LogP contribution >= 0.6 is 0 Å². The van der Waals surface area contributed by atoms with E-state index in [-0.39, 0.29) is 23.6 Å². The number of likely N-dealkylation sites (tertiary alicyclic amines) is 3. The number of nitrogens with one attached hydrogen (secondary N) is 1. The minimum atomic E-state index is -0.172. The van der Waals surface area contributed by atoms with Crippen molar-refractivity contribution in [3.8, 4) is 0 Å². The smallest absolute Gasteiger partial charge is 0.254 e. The molecule has 1 atom stereocenters. The molecule has 3 saturated heterocycles. The van der Waals surface area contributed by atoms with Gasteiger partial charge in [-0.05, 0) is 49.8 Å². The Morgan fingerprint density at radius 2 is 1.77 bits per heavy atom. The largest absolute Gasteiger partial charge is 0.361 e. The van der Waals surface area contributed by atoms with E-state index in [1.807, 2.05) is 45.2 Å². The molecule has 31 heavy (non-hydrogen) atoms. The van der Waals surface area contributed by atoms with Gasteiger partial charge in [0.05, 0.1) is 5.92 Å². The van der Waals surface area contributed by atoms with Gasteiger partial charge in [0.2, 0.25) is 11.8 Å². The van der Waals surface area contributed by atoms with Crippen molar-refractivity contribution in [2.75, 3.05) is 39.3 Å². The van der Waals surface area contributed by atoms with Crippen molar-refractivity contribution in [1.29, 1.82) is 0 Å². The van der Waals surface area contributed by atoms with Crippen molar-refractivity contribution in [3.63, 3.8) is 0 Å². The van der Waals surface area contributed by atoms with Crippen LogP contribution in [0, 0.1) is 11.8 Å². The van der Waals surface area contributed by atoms with Crippen LogP contribution in [0.4, 0.5) is 0 Å². The molecule has 3 aliphatic heterocycles. The molecule has 1 aromatic heterocycles. The van der Waals surface area contributed by atoms with E-state index in [0.29, 0.717) is 38.5 Å². The molecular weight excluding hydrogens is 392 g/mol. The quantitative estimate of drug-likeness (QED) is 0.823. The van der Waals surface area contributed by atoms with Crippen LogP contribution in [0.2, 0.25) is 0 Å². The number of nitrogens with zero attached hydrogens (tertiary/aromatic N) is 3. The number of carbonyl (C=O) groups is 3. The van der Waals surface area contributed by atoms with Gasteiger partial charge < -0.3 is 19.7 Å². The highest BCUT2D eigenvalue weighted by molar-refractivity contribution is 6.06. The molecule has 3 amide bonds. The van der Waals surface area contributed by atoms with E-state index in [9.17, 15) is 14.4 Å². The molecule has 164 valence electrons. The minimum Gasteiger partial charge on any atom is -0.361 e. The highest BCUT2D eigenvalue weighted by atomic mass is 16.2. The molecule has 7 heteroatoms. The number of amides is 3. The first kappa shape index (κ1) is 20.1. The maximum absolute atomic E-state index is 13.1. The lowest BCUT2D eigenvalue weighted by Gasteiger charge is -2.34. The first-order valence-corrected chi connectivity index (χ1v) is 11.5. The van der Waals surface area contributed by atoms with E-state index in [2.05, 4.69) is 4.98 Å². The summed E-state index contributed by atoms with van der Waals surface area (Å²) in [7, 11) is 0. The fraction of sp³-hybridized carbons (Fsp3) is 0.542. The molecule has 2 aromatic rings. The van der Waals surface area contributed by atoms with E-state index in [4.69, 9.17) is 0 Å². The number of rotatable bonds is 4. The topological polar surface area (TPSA) is 76.7 Å². The lowest BCUT2D eigenvalue weighted by atomic mass is 9.95.